The molecule has 1 unspecified atom stereocenters. The lowest BCUT2D eigenvalue weighted by molar-refractivity contribution is -0.158. The van der Waals surface area contributed by atoms with Gasteiger partial charge < -0.3 is 19.1 Å². The number of carbonyl (C=O) groups is 3. The Balaban J connectivity index is 1.14. The van der Waals surface area contributed by atoms with E-state index < -0.39 is 5.92 Å². The first-order valence-electron chi connectivity index (χ1n) is 24.4. The standard InChI is InChI=1S/C51H82N2O6/c1-3-5-7-8-9-10-11-12-13-14-15-16-17-18-20-22-49(54)57-39-43(41-59-51(56)47-33-37-53(38-34-47)48-31-35-52-36-32-48)40-58-50(55)46-29-27-45(28-30-46)44-25-23-42(24-26-44)21-19-6-4-2/h9-10,12-13,31-32,35-36,42-47H,3-8,11,14-30,33-34,37-41H2,1-2H3/b10-9-,13-12-/t42-,43?,44-,45-,46-. The smallest absolute Gasteiger partial charge is 0.309 e. The molecule has 1 saturated heterocycles. The molecular formula is C51H82N2O6. The molecule has 2 aliphatic carbocycles. The highest BCUT2D eigenvalue weighted by molar-refractivity contribution is 5.73. The molecule has 0 amide bonds. The topological polar surface area (TPSA) is 95.0 Å². The zero-order chi connectivity index (χ0) is 41.8. The molecule has 3 aliphatic rings. The minimum absolute atomic E-state index is 0.0709. The van der Waals surface area contributed by atoms with Crippen molar-refractivity contribution in [1.29, 1.82) is 0 Å². The number of unbranched alkanes of at least 4 members (excludes halogenated alkanes) is 10. The van der Waals surface area contributed by atoms with E-state index in [1.165, 1.54) is 83.5 Å². The Morgan fingerprint density at radius 1 is 0.627 bits per heavy atom. The van der Waals surface area contributed by atoms with Gasteiger partial charge in [-0.05, 0) is 120 Å². The summed E-state index contributed by atoms with van der Waals surface area (Å²) >= 11 is 0. The van der Waals surface area contributed by atoms with Crippen molar-refractivity contribution in [2.75, 3.05) is 37.8 Å². The first kappa shape index (κ1) is 48.5. The summed E-state index contributed by atoms with van der Waals surface area (Å²) in [6.45, 7) is 6.31. The molecule has 0 aromatic carbocycles. The van der Waals surface area contributed by atoms with Gasteiger partial charge >= 0.3 is 17.9 Å². The van der Waals surface area contributed by atoms with Crippen LogP contribution in [-0.2, 0) is 28.6 Å². The highest BCUT2D eigenvalue weighted by Crippen LogP contribution is 2.42. The first-order chi connectivity index (χ1) is 29.0. The number of esters is 3. The lowest BCUT2D eigenvalue weighted by atomic mass is 9.68. The number of anilines is 1. The molecule has 1 aliphatic heterocycles. The third kappa shape index (κ3) is 19.8. The van der Waals surface area contributed by atoms with Crippen LogP contribution in [0, 0.1) is 35.5 Å². The molecule has 1 aromatic heterocycles. The Morgan fingerprint density at radius 3 is 1.78 bits per heavy atom. The van der Waals surface area contributed by atoms with Crippen molar-refractivity contribution < 1.29 is 28.6 Å². The van der Waals surface area contributed by atoms with E-state index in [9.17, 15) is 14.4 Å². The van der Waals surface area contributed by atoms with Crippen LogP contribution in [0.25, 0.3) is 0 Å². The number of ether oxygens (including phenoxy) is 3. The maximum Gasteiger partial charge on any atom is 0.309 e. The van der Waals surface area contributed by atoms with Crippen molar-refractivity contribution in [1.82, 2.24) is 4.98 Å². The Bertz CT molecular complexity index is 1320. The fourth-order valence-electron chi connectivity index (χ4n) is 9.53. The number of rotatable bonds is 28. The van der Waals surface area contributed by atoms with Gasteiger partial charge in [0.25, 0.3) is 0 Å². The number of allylic oxidation sites excluding steroid dienone is 4. The minimum atomic E-state index is -0.391. The Morgan fingerprint density at radius 2 is 1.15 bits per heavy atom. The summed E-state index contributed by atoms with van der Waals surface area (Å²) in [4.78, 5) is 45.7. The fraction of sp³-hybridized carbons (Fsp3) is 0.765. The summed E-state index contributed by atoms with van der Waals surface area (Å²) < 4.78 is 17.5. The second kappa shape index (κ2) is 30.0. The van der Waals surface area contributed by atoms with Crippen LogP contribution in [0.4, 0.5) is 5.69 Å². The van der Waals surface area contributed by atoms with Gasteiger partial charge in [0.2, 0.25) is 0 Å². The average molecular weight is 819 g/mol. The zero-order valence-corrected chi connectivity index (χ0v) is 37.3. The quantitative estimate of drug-likeness (QED) is 0.0357. The average Bonchev–Trinajstić information content (AvgIpc) is 3.28. The Kier molecular flexibility index (Phi) is 24.6. The highest BCUT2D eigenvalue weighted by atomic mass is 16.6. The van der Waals surface area contributed by atoms with Gasteiger partial charge in [-0.15, -0.1) is 0 Å². The van der Waals surface area contributed by atoms with Crippen LogP contribution in [0.5, 0.6) is 0 Å². The third-order valence-electron chi connectivity index (χ3n) is 13.5. The molecule has 8 heteroatoms. The molecular weight excluding hydrogens is 737 g/mol. The van der Waals surface area contributed by atoms with Gasteiger partial charge in [0.05, 0.1) is 17.8 Å². The van der Waals surface area contributed by atoms with E-state index in [0.29, 0.717) is 19.3 Å². The second-order valence-electron chi connectivity index (χ2n) is 18.1. The number of pyridine rings is 1. The van der Waals surface area contributed by atoms with E-state index in [1.807, 2.05) is 12.1 Å². The lowest BCUT2D eigenvalue weighted by Gasteiger charge is -2.37. The Labute approximate surface area is 359 Å². The van der Waals surface area contributed by atoms with Crippen molar-refractivity contribution in [2.24, 2.45) is 35.5 Å². The van der Waals surface area contributed by atoms with Crippen LogP contribution in [0.2, 0.25) is 0 Å². The first-order valence-corrected chi connectivity index (χ1v) is 24.4. The predicted octanol–water partition coefficient (Wildman–Crippen LogP) is 12.6. The van der Waals surface area contributed by atoms with E-state index in [0.717, 1.165) is 101 Å². The lowest BCUT2D eigenvalue weighted by Crippen LogP contribution is -2.37. The third-order valence-corrected chi connectivity index (χ3v) is 13.5. The molecule has 1 atom stereocenters. The SMILES string of the molecule is CCCCC/C=C\C/C=C\CCCCCCCC(=O)OCC(COC(=O)C1CCN(c2ccncc2)CC1)COC(=O)[C@H]1CC[C@H]([C@H]2CC[C@H](CCCCC)CC2)CC1. The molecule has 2 saturated carbocycles. The fourth-order valence-corrected chi connectivity index (χ4v) is 9.53. The Hall–Kier alpha value is -3.16. The van der Waals surface area contributed by atoms with Crippen molar-refractivity contribution in [3.8, 4) is 0 Å². The summed E-state index contributed by atoms with van der Waals surface area (Å²) in [6.07, 6.45) is 41.9. The molecule has 332 valence electrons. The van der Waals surface area contributed by atoms with Crippen molar-refractivity contribution >= 4 is 23.6 Å². The second-order valence-corrected chi connectivity index (χ2v) is 18.1. The number of hydrogen-bond acceptors (Lipinski definition) is 8. The van der Waals surface area contributed by atoms with Gasteiger partial charge in [0.15, 0.2) is 0 Å². The minimum Gasteiger partial charge on any atom is -0.465 e. The van der Waals surface area contributed by atoms with Gasteiger partial charge in [-0.2, -0.15) is 0 Å². The highest BCUT2D eigenvalue weighted by Gasteiger charge is 2.34. The predicted molar refractivity (Wildman–Crippen MR) is 240 cm³/mol. The summed E-state index contributed by atoms with van der Waals surface area (Å²) in [5, 5.41) is 0. The van der Waals surface area contributed by atoms with E-state index in [-0.39, 0.29) is 49.6 Å². The summed E-state index contributed by atoms with van der Waals surface area (Å²) in [5.41, 5.74) is 1.11. The molecule has 59 heavy (non-hydrogen) atoms. The van der Waals surface area contributed by atoms with E-state index in [4.69, 9.17) is 14.2 Å². The summed E-state index contributed by atoms with van der Waals surface area (Å²) in [5.74, 6) is 1.21. The van der Waals surface area contributed by atoms with Crippen LogP contribution in [0.15, 0.2) is 48.8 Å². The van der Waals surface area contributed by atoms with Crippen molar-refractivity contribution in [3.05, 3.63) is 48.8 Å². The number of hydrogen-bond donors (Lipinski definition) is 0. The summed E-state index contributed by atoms with van der Waals surface area (Å²) in [6, 6.07) is 3.99. The van der Waals surface area contributed by atoms with Crippen LogP contribution in [0.1, 0.15) is 181 Å². The molecule has 1 aromatic rings. The monoisotopic (exact) mass is 819 g/mol. The number of piperidine rings is 1. The molecule has 4 rings (SSSR count). The molecule has 3 fully saturated rings. The van der Waals surface area contributed by atoms with Crippen LogP contribution in [-0.4, -0.2) is 55.8 Å². The van der Waals surface area contributed by atoms with Gasteiger partial charge in [0.1, 0.15) is 19.8 Å². The summed E-state index contributed by atoms with van der Waals surface area (Å²) in [7, 11) is 0. The van der Waals surface area contributed by atoms with Crippen LogP contribution in [0.3, 0.4) is 0 Å². The molecule has 0 N–H and O–H groups in total. The van der Waals surface area contributed by atoms with E-state index >= 15 is 0 Å². The zero-order valence-electron chi connectivity index (χ0n) is 37.3. The van der Waals surface area contributed by atoms with Crippen LogP contribution < -0.4 is 4.90 Å². The molecule has 8 nitrogen and oxygen atoms in total. The van der Waals surface area contributed by atoms with Gasteiger partial charge in [-0.25, -0.2) is 0 Å². The number of nitrogens with zero attached hydrogens (tertiary/aromatic N) is 2. The van der Waals surface area contributed by atoms with Gasteiger partial charge in [-0.3, -0.25) is 19.4 Å². The maximum absolute atomic E-state index is 13.3. The normalized spacial score (nSPS) is 22.1. The molecule has 2 heterocycles. The largest absolute Gasteiger partial charge is 0.465 e. The molecule has 0 radical (unpaired) electrons. The number of aromatic nitrogens is 1. The number of carbonyl (C=O) groups excluding carboxylic acids is 3. The maximum atomic E-state index is 13.3. The molecule has 0 bridgehead atoms. The van der Waals surface area contributed by atoms with Crippen molar-refractivity contribution in [2.45, 2.75) is 181 Å². The van der Waals surface area contributed by atoms with Crippen molar-refractivity contribution in [3.63, 3.8) is 0 Å². The molecule has 0 spiro atoms. The van der Waals surface area contributed by atoms with E-state index in [2.05, 4.69) is 48.0 Å². The van der Waals surface area contributed by atoms with Gasteiger partial charge in [0, 0.05) is 37.6 Å². The van der Waals surface area contributed by atoms with Gasteiger partial charge in [-0.1, -0.05) is 109 Å². The van der Waals surface area contributed by atoms with Crippen LogP contribution >= 0.6 is 0 Å². The van der Waals surface area contributed by atoms with E-state index in [1.54, 1.807) is 12.4 Å².